The number of nitrogens with zero attached hydrogens (tertiary/aromatic N) is 3. The van der Waals surface area contributed by atoms with Crippen LogP contribution in [0.3, 0.4) is 0 Å². The maximum atomic E-state index is 5.68. The van der Waals surface area contributed by atoms with E-state index in [9.17, 15) is 0 Å². The van der Waals surface area contributed by atoms with Gasteiger partial charge in [0.15, 0.2) is 0 Å². The van der Waals surface area contributed by atoms with Gasteiger partial charge in [0, 0.05) is 12.5 Å². The summed E-state index contributed by atoms with van der Waals surface area (Å²) in [4.78, 5) is 4.32. The topological polar surface area (TPSA) is 68.8 Å². The molecule has 0 bridgehead atoms. The second-order valence-electron chi connectivity index (χ2n) is 5.05. The number of nitrogens with one attached hydrogen (secondary N) is 1. The molecular formula is C14H21N5. The van der Waals surface area contributed by atoms with Crippen molar-refractivity contribution in [1.29, 1.82) is 0 Å². The first-order valence-corrected chi connectivity index (χ1v) is 6.53. The third kappa shape index (κ3) is 3.19. The molecule has 0 fully saturated rings. The minimum absolute atomic E-state index is 0.0438. The van der Waals surface area contributed by atoms with Gasteiger partial charge < -0.3 is 0 Å². The lowest BCUT2D eigenvalue weighted by molar-refractivity contribution is 0.468. The summed E-state index contributed by atoms with van der Waals surface area (Å²) in [6.45, 7) is 6.26. The monoisotopic (exact) mass is 259 g/mol. The van der Waals surface area contributed by atoms with Crippen LogP contribution >= 0.6 is 0 Å². The molecule has 0 aliphatic carbocycles. The number of aryl methyl sites for hydroxylation is 1. The Morgan fingerprint density at radius 3 is 2.53 bits per heavy atom. The van der Waals surface area contributed by atoms with Crippen LogP contribution in [0, 0.1) is 6.92 Å². The van der Waals surface area contributed by atoms with Gasteiger partial charge in [-0.15, -0.1) is 0 Å². The largest absolute Gasteiger partial charge is 0.271 e. The summed E-state index contributed by atoms with van der Waals surface area (Å²) in [6.07, 6.45) is 2.32. The van der Waals surface area contributed by atoms with Gasteiger partial charge >= 0.3 is 0 Å². The number of hydrazine groups is 1. The van der Waals surface area contributed by atoms with Crippen molar-refractivity contribution in [3.05, 3.63) is 47.5 Å². The zero-order valence-corrected chi connectivity index (χ0v) is 11.7. The number of aromatic nitrogens is 3. The quantitative estimate of drug-likeness (QED) is 0.636. The van der Waals surface area contributed by atoms with Crippen molar-refractivity contribution < 1.29 is 0 Å². The fraction of sp³-hybridized carbons (Fsp3) is 0.429. The van der Waals surface area contributed by atoms with Crippen molar-refractivity contribution in [1.82, 2.24) is 20.2 Å². The molecule has 102 valence electrons. The Kier molecular flexibility index (Phi) is 4.29. The van der Waals surface area contributed by atoms with E-state index >= 15 is 0 Å². The summed E-state index contributed by atoms with van der Waals surface area (Å²) >= 11 is 0. The van der Waals surface area contributed by atoms with Crippen LogP contribution in [0.25, 0.3) is 0 Å². The molecule has 19 heavy (non-hydrogen) atoms. The Bertz CT molecular complexity index is 515. The van der Waals surface area contributed by atoms with E-state index in [-0.39, 0.29) is 6.04 Å². The zero-order valence-electron chi connectivity index (χ0n) is 11.7. The van der Waals surface area contributed by atoms with Crippen LogP contribution in [0.4, 0.5) is 0 Å². The Morgan fingerprint density at radius 1 is 1.26 bits per heavy atom. The lowest BCUT2D eigenvalue weighted by Crippen LogP contribution is -2.30. The van der Waals surface area contributed by atoms with E-state index in [1.807, 2.05) is 4.68 Å². The van der Waals surface area contributed by atoms with Crippen molar-refractivity contribution in [3.8, 4) is 0 Å². The van der Waals surface area contributed by atoms with Crippen molar-refractivity contribution >= 4 is 0 Å². The number of rotatable bonds is 5. The van der Waals surface area contributed by atoms with Crippen LogP contribution in [0.15, 0.2) is 30.6 Å². The Balaban J connectivity index is 2.19. The van der Waals surface area contributed by atoms with Gasteiger partial charge in [-0.05, 0) is 26.3 Å². The highest BCUT2D eigenvalue weighted by Gasteiger charge is 2.15. The molecule has 2 rings (SSSR count). The molecule has 1 aromatic carbocycles. The fourth-order valence-electron chi connectivity index (χ4n) is 2.11. The second kappa shape index (κ2) is 5.95. The van der Waals surface area contributed by atoms with Gasteiger partial charge in [0.2, 0.25) is 0 Å². The van der Waals surface area contributed by atoms with E-state index in [1.165, 1.54) is 5.56 Å². The minimum atomic E-state index is 0.0438. The van der Waals surface area contributed by atoms with Crippen LogP contribution < -0.4 is 11.3 Å². The first-order valence-electron chi connectivity index (χ1n) is 6.53. The van der Waals surface area contributed by atoms with Crippen LogP contribution in [0.1, 0.15) is 42.9 Å². The zero-order chi connectivity index (χ0) is 13.8. The molecule has 0 aliphatic heterocycles. The molecule has 0 radical (unpaired) electrons. The molecule has 0 spiro atoms. The van der Waals surface area contributed by atoms with E-state index in [2.05, 4.69) is 60.5 Å². The summed E-state index contributed by atoms with van der Waals surface area (Å²) in [6, 6.07) is 8.71. The average molecular weight is 259 g/mol. The first-order chi connectivity index (χ1) is 9.11. The van der Waals surface area contributed by atoms with Gasteiger partial charge in [0.05, 0.1) is 6.04 Å². The summed E-state index contributed by atoms with van der Waals surface area (Å²) < 4.78 is 1.93. The van der Waals surface area contributed by atoms with Crippen molar-refractivity contribution in [2.75, 3.05) is 0 Å². The van der Waals surface area contributed by atoms with E-state index < -0.39 is 0 Å². The average Bonchev–Trinajstić information content (AvgIpc) is 2.85. The van der Waals surface area contributed by atoms with E-state index in [4.69, 9.17) is 5.84 Å². The van der Waals surface area contributed by atoms with Crippen LogP contribution in [-0.4, -0.2) is 14.8 Å². The number of hydrogen-bond donors (Lipinski definition) is 2. The molecule has 5 heteroatoms. The molecule has 0 aliphatic rings. The standard InChI is InChI=1S/C14H21N5/c1-10(2)19-14(16-9-17-19)8-13(18-15)12-6-4-11(3)5-7-12/h4-7,9-10,13,18H,8,15H2,1-3H3. The Morgan fingerprint density at radius 2 is 1.95 bits per heavy atom. The fourth-order valence-corrected chi connectivity index (χ4v) is 2.11. The van der Waals surface area contributed by atoms with Gasteiger partial charge in [-0.25, -0.2) is 9.67 Å². The van der Waals surface area contributed by atoms with Gasteiger partial charge in [0.1, 0.15) is 12.2 Å². The lowest BCUT2D eigenvalue weighted by Gasteiger charge is -2.17. The van der Waals surface area contributed by atoms with E-state index in [0.29, 0.717) is 6.04 Å². The van der Waals surface area contributed by atoms with Crippen LogP contribution in [0.5, 0.6) is 0 Å². The molecule has 0 amide bonds. The molecule has 1 unspecified atom stereocenters. The molecule has 1 heterocycles. The van der Waals surface area contributed by atoms with Crippen molar-refractivity contribution in [2.45, 2.75) is 39.3 Å². The third-order valence-electron chi connectivity index (χ3n) is 3.20. The summed E-state index contributed by atoms with van der Waals surface area (Å²) in [5.74, 6) is 6.62. The normalized spacial score (nSPS) is 12.9. The van der Waals surface area contributed by atoms with E-state index in [1.54, 1.807) is 6.33 Å². The third-order valence-corrected chi connectivity index (χ3v) is 3.20. The van der Waals surface area contributed by atoms with Gasteiger partial charge in [-0.1, -0.05) is 29.8 Å². The highest BCUT2D eigenvalue weighted by atomic mass is 15.3. The molecule has 0 saturated heterocycles. The number of hydrogen-bond acceptors (Lipinski definition) is 4. The summed E-state index contributed by atoms with van der Waals surface area (Å²) in [7, 11) is 0. The minimum Gasteiger partial charge on any atom is -0.271 e. The smallest absolute Gasteiger partial charge is 0.138 e. The van der Waals surface area contributed by atoms with Crippen molar-refractivity contribution in [2.24, 2.45) is 5.84 Å². The molecule has 0 saturated carbocycles. The number of nitrogens with two attached hydrogens (primary N) is 1. The molecule has 5 nitrogen and oxygen atoms in total. The Labute approximate surface area is 113 Å². The maximum absolute atomic E-state index is 5.68. The highest BCUT2D eigenvalue weighted by Crippen LogP contribution is 2.18. The van der Waals surface area contributed by atoms with E-state index in [0.717, 1.165) is 17.8 Å². The predicted molar refractivity (Wildman–Crippen MR) is 75.4 cm³/mol. The summed E-state index contributed by atoms with van der Waals surface area (Å²) in [5, 5.41) is 4.25. The maximum Gasteiger partial charge on any atom is 0.138 e. The molecule has 1 aromatic heterocycles. The molecule has 3 N–H and O–H groups in total. The van der Waals surface area contributed by atoms with Gasteiger partial charge in [-0.2, -0.15) is 5.10 Å². The van der Waals surface area contributed by atoms with Crippen molar-refractivity contribution in [3.63, 3.8) is 0 Å². The predicted octanol–water partition coefficient (Wildman–Crippen LogP) is 1.91. The van der Waals surface area contributed by atoms with Crippen LogP contribution in [-0.2, 0) is 6.42 Å². The first kappa shape index (κ1) is 13.7. The van der Waals surface area contributed by atoms with Crippen LogP contribution in [0.2, 0.25) is 0 Å². The molecular weight excluding hydrogens is 238 g/mol. The summed E-state index contributed by atoms with van der Waals surface area (Å²) in [5.41, 5.74) is 5.26. The lowest BCUT2D eigenvalue weighted by atomic mass is 10.0. The Hall–Kier alpha value is -1.72. The second-order valence-corrected chi connectivity index (χ2v) is 5.05. The SMILES string of the molecule is Cc1ccc(C(Cc2ncnn2C(C)C)NN)cc1. The highest BCUT2D eigenvalue weighted by molar-refractivity contribution is 5.24. The molecule has 2 aromatic rings. The van der Waals surface area contributed by atoms with Gasteiger partial charge in [-0.3, -0.25) is 11.3 Å². The number of benzene rings is 1. The van der Waals surface area contributed by atoms with Gasteiger partial charge in [0.25, 0.3) is 0 Å². The molecule has 1 atom stereocenters.